The molecular formula is C58H36N4O. The molecule has 0 aliphatic rings. The third kappa shape index (κ3) is 5.50. The summed E-state index contributed by atoms with van der Waals surface area (Å²) in [6.07, 6.45) is 0. The molecule has 0 radical (unpaired) electrons. The first kappa shape index (κ1) is 35.2. The Morgan fingerprint density at radius 1 is 0.365 bits per heavy atom. The monoisotopic (exact) mass is 804 g/mol. The summed E-state index contributed by atoms with van der Waals surface area (Å²) in [6, 6.07) is 77.0. The van der Waals surface area contributed by atoms with Gasteiger partial charge in [0.05, 0.1) is 39.1 Å². The summed E-state index contributed by atoms with van der Waals surface area (Å²) in [5, 5.41) is 6.80. The minimum absolute atomic E-state index is 0.638. The molecule has 13 aromatic rings. The molecule has 5 heteroatoms. The summed E-state index contributed by atoms with van der Waals surface area (Å²) >= 11 is 0. The molecule has 0 atom stereocenters. The van der Waals surface area contributed by atoms with E-state index in [0.29, 0.717) is 5.82 Å². The maximum Gasteiger partial charge on any atom is 0.161 e. The molecule has 13 rings (SSSR count). The van der Waals surface area contributed by atoms with E-state index in [2.05, 4.69) is 209 Å². The lowest BCUT2D eigenvalue weighted by Gasteiger charge is -2.12. The molecule has 0 aliphatic carbocycles. The summed E-state index contributed by atoms with van der Waals surface area (Å²) in [6.45, 7) is 0. The van der Waals surface area contributed by atoms with E-state index < -0.39 is 0 Å². The van der Waals surface area contributed by atoms with Crippen LogP contribution in [-0.2, 0) is 0 Å². The standard InChI is InChI=1S/C58H36N4O/c1-5-18-37(19-6-1)40-34-46(58-59-47(38-20-7-2-8-21-38)36-48(60-58)39-22-9-3-10-23-39)54-45-28-17-31-52(57(45)63-53(54)35-40)62-50-30-16-14-27-44(50)55-51(62)33-32-43-42-26-13-15-29-49(42)61(56(43)55)41-24-11-4-12-25-41/h1-36H. The molecular weight excluding hydrogens is 769 g/mol. The van der Waals surface area contributed by atoms with Gasteiger partial charge in [0.1, 0.15) is 5.58 Å². The Kier molecular flexibility index (Phi) is 7.84. The lowest BCUT2D eigenvalue weighted by molar-refractivity contribution is 0.666. The van der Waals surface area contributed by atoms with Crippen molar-refractivity contribution in [2.45, 2.75) is 0 Å². The molecule has 0 N–H and O–H groups in total. The molecule has 294 valence electrons. The van der Waals surface area contributed by atoms with Crippen molar-refractivity contribution >= 4 is 65.6 Å². The smallest absolute Gasteiger partial charge is 0.161 e. The third-order valence-corrected chi connectivity index (χ3v) is 12.5. The average Bonchev–Trinajstić information content (AvgIpc) is 4.02. The second-order valence-corrected chi connectivity index (χ2v) is 16.1. The molecule has 63 heavy (non-hydrogen) atoms. The number of nitrogens with zero attached hydrogens (tertiary/aromatic N) is 4. The van der Waals surface area contributed by atoms with Gasteiger partial charge in [0.25, 0.3) is 0 Å². The topological polar surface area (TPSA) is 48.8 Å². The lowest BCUT2D eigenvalue weighted by atomic mass is 9.97. The zero-order chi connectivity index (χ0) is 41.4. The van der Waals surface area contributed by atoms with Gasteiger partial charge in [-0.05, 0) is 65.7 Å². The van der Waals surface area contributed by atoms with Crippen LogP contribution in [0.4, 0.5) is 0 Å². The van der Waals surface area contributed by atoms with Crippen molar-refractivity contribution in [1.29, 1.82) is 0 Å². The average molecular weight is 805 g/mol. The van der Waals surface area contributed by atoms with Crippen LogP contribution in [0, 0.1) is 0 Å². The van der Waals surface area contributed by atoms with Crippen molar-refractivity contribution in [2.24, 2.45) is 0 Å². The number of aromatic nitrogens is 4. The Labute approximate surface area is 362 Å². The molecule has 0 amide bonds. The van der Waals surface area contributed by atoms with Gasteiger partial charge in [0.2, 0.25) is 0 Å². The summed E-state index contributed by atoms with van der Waals surface area (Å²) in [5.74, 6) is 0.638. The van der Waals surface area contributed by atoms with Gasteiger partial charge in [-0.15, -0.1) is 0 Å². The highest BCUT2D eigenvalue weighted by Crippen LogP contribution is 2.46. The largest absolute Gasteiger partial charge is 0.454 e. The van der Waals surface area contributed by atoms with Crippen LogP contribution in [0.2, 0.25) is 0 Å². The van der Waals surface area contributed by atoms with E-state index in [-0.39, 0.29) is 0 Å². The minimum atomic E-state index is 0.638. The number of benzene rings is 9. The Bertz CT molecular complexity index is 3830. The van der Waals surface area contributed by atoms with Gasteiger partial charge >= 0.3 is 0 Å². The predicted octanol–water partition coefficient (Wildman–Crippen LogP) is 15.2. The summed E-state index contributed by atoms with van der Waals surface area (Å²) in [5.41, 5.74) is 15.0. The first-order chi connectivity index (χ1) is 31.3. The minimum Gasteiger partial charge on any atom is -0.454 e. The molecule has 9 aromatic carbocycles. The zero-order valence-corrected chi connectivity index (χ0v) is 34.0. The molecule has 0 aliphatic heterocycles. The van der Waals surface area contributed by atoms with Crippen LogP contribution in [0.5, 0.6) is 0 Å². The van der Waals surface area contributed by atoms with Gasteiger partial charge < -0.3 is 13.6 Å². The molecule has 0 saturated carbocycles. The second kappa shape index (κ2) is 14.0. The number of para-hydroxylation sites is 4. The Morgan fingerprint density at radius 2 is 0.937 bits per heavy atom. The Hall–Kier alpha value is -8.54. The highest BCUT2D eigenvalue weighted by Gasteiger charge is 2.25. The van der Waals surface area contributed by atoms with E-state index in [1.165, 1.54) is 32.6 Å². The predicted molar refractivity (Wildman–Crippen MR) is 260 cm³/mol. The highest BCUT2D eigenvalue weighted by molar-refractivity contribution is 6.26. The Balaban J connectivity index is 1.12. The van der Waals surface area contributed by atoms with Crippen LogP contribution in [0.1, 0.15) is 0 Å². The van der Waals surface area contributed by atoms with Crippen LogP contribution in [0.15, 0.2) is 223 Å². The molecule has 0 unspecified atom stereocenters. The van der Waals surface area contributed by atoms with Crippen LogP contribution < -0.4 is 0 Å². The number of furan rings is 1. The number of hydrogen-bond acceptors (Lipinski definition) is 3. The highest BCUT2D eigenvalue weighted by atomic mass is 16.3. The maximum absolute atomic E-state index is 7.21. The Morgan fingerprint density at radius 3 is 1.62 bits per heavy atom. The van der Waals surface area contributed by atoms with Crippen LogP contribution >= 0.6 is 0 Å². The fourth-order valence-electron chi connectivity index (χ4n) is 9.76. The van der Waals surface area contributed by atoms with Crippen molar-refractivity contribution in [3.63, 3.8) is 0 Å². The van der Waals surface area contributed by atoms with Gasteiger partial charge in [-0.1, -0.05) is 164 Å². The molecule has 5 nitrogen and oxygen atoms in total. The van der Waals surface area contributed by atoms with Crippen LogP contribution in [-0.4, -0.2) is 19.1 Å². The number of rotatable bonds is 6. The lowest BCUT2D eigenvalue weighted by Crippen LogP contribution is -1.97. The van der Waals surface area contributed by atoms with Crippen molar-refractivity contribution in [2.75, 3.05) is 0 Å². The fraction of sp³-hybridized carbons (Fsp3) is 0. The first-order valence-corrected chi connectivity index (χ1v) is 21.3. The molecule has 0 saturated heterocycles. The maximum atomic E-state index is 7.21. The molecule has 4 aromatic heterocycles. The van der Waals surface area contributed by atoms with E-state index in [1.807, 2.05) is 18.2 Å². The van der Waals surface area contributed by atoms with Gasteiger partial charge in [-0.25, -0.2) is 9.97 Å². The fourth-order valence-corrected chi connectivity index (χ4v) is 9.76. The van der Waals surface area contributed by atoms with E-state index in [0.717, 1.165) is 83.6 Å². The van der Waals surface area contributed by atoms with Crippen molar-refractivity contribution in [3.05, 3.63) is 218 Å². The molecule has 0 bridgehead atoms. The quantitative estimate of drug-likeness (QED) is 0.168. The van der Waals surface area contributed by atoms with Crippen LogP contribution in [0.3, 0.4) is 0 Å². The molecule has 0 spiro atoms. The van der Waals surface area contributed by atoms with Gasteiger partial charge in [-0.3, -0.25) is 0 Å². The van der Waals surface area contributed by atoms with E-state index >= 15 is 0 Å². The van der Waals surface area contributed by atoms with Crippen LogP contribution in [0.25, 0.3) is 122 Å². The van der Waals surface area contributed by atoms with Crippen molar-refractivity contribution < 1.29 is 4.42 Å². The van der Waals surface area contributed by atoms with Gasteiger partial charge in [-0.2, -0.15) is 0 Å². The summed E-state index contributed by atoms with van der Waals surface area (Å²) in [7, 11) is 0. The summed E-state index contributed by atoms with van der Waals surface area (Å²) in [4.78, 5) is 10.7. The normalized spacial score (nSPS) is 11.8. The number of hydrogen-bond donors (Lipinski definition) is 0. The zero-order valence-electron chi connectivity index (χ0n) is 34.0. The van der Waals surface area contributed by atoms with Crippen molar-refractivity contribution in [1.82, 2.24) is 19.1 Å². The summed E-state index contributed by atoms with van der Waals surface area (Å²) < 4.78 is 12.0. The molecule has 0 fully saturated rings. The SMILES string of the molecule is c1ccc(-c2cc(-c3nc(-c4ccccc4)cc(-c4ccccc4)n3)c3c(c2)oc2c(-n4c5ccccc5c5c4ccc4c6ccccc6n(-c6ccccc6)c45)cccc23)cc1. The second-order valence-electron chi connectivity index (χ2n) is 16.1. The van der Waals surface area contributed by atoms with E-state index in [4.69, 9.17) is 14.4 Å². The number of fused-ring (bicyclic) bond motifs is 10. The van der Waals surface area contributed by atoms with E-state index in [1.54, 1.807) is 0 Å². The molecule has 4 heterocycles. The van der Waals surface area contributed by atoms with Gasteiger partial charge in [0.15, 0.2) is 11.4 Å². The van der Waals surface area contributed by atoms with Gasteiger partial charge in [0, 0.05) is 54.7 Å². The van der Waals surface area contributed by atoms with E-state index in [9.17, 15) is 0 Å². The van der Waals surface area contributed by atoms with Crippen molar-refractivity contribution in [3.8, 4) is 56.4 Å². The first-order valence-electron chi connectivity index (χ1n) is 21.3. The third-order valence-electron chi connectivity index (χ3n) is 12.5.